The molecule has 0 heterocycles. The molecule has 0 saturated heterocycles. The molecule has 6 heteroatoms. The van der Waals surface area contributed by atoms with Crippen molar-refractivity contribution < 1.29 is 9.59 Å². The van der Waals surface area contributed by atoms with Crippen molar-refractivity contribution in [3.63, 3.8) is 0 Å². The Morgan fingerprint density at radius 2 is 1.64 bits per heavy atom. The van der Waals surface area contributed by atoms with Crippen molar-refractivity contribution in [1.82, 2.24) is 10.6 Å². The van der Waals surface area contributed by atoms with Crippen LogP contribution in [-0.2, 0) is 4.79 Å². The van der Waals surface area contributed by atoms with E-state index in [2.05, 4.69) is 16.0 Å². The first-order valence-corrected chi connectivity index (χ1v) is 9.33. The summed E-state index contributed by atoms with van der Waals surface area (Å²) in [6, 6.07) is 14.8. The average molecular weight is 396 g/mol. The van der Waals surface area contributed by atoms with Crippen LogP contribution in [0.4, 0.5) is 5.69 Å². The fourth-order valence-corrected chi connectivity index (χ4v) is 2.57. The van der Waals surface area contributed by atoms with Gasteiger partial charge in [0.15, 0.2) is 5.11 Å². The van der Waals surface area contributed by atoms with Crippen molar-refractivity contribution >= 4 is 40.9 Å². The van der Waals surface area contributed by atoms with Gasteiger partial charge in [0.05, 0.1) is 11.3 Å². The Labute approximate surface area is 171 Å². The lowest BCUT2D eigenvalue weighted by Crippen LogP contribution is -2.41. The van der Waals surface area contributed by atoms with Crippen LogP contribution < -0.4 is 16.0 Å². The highest BCUT2D eigenvalue weighted by atomic mass is 32.1. The van der Waals surface area contributed by atoms with Gasteiger partial charge in [0.25, 0.3) is 5.91 Å². The first kappa shape index (κ1) is 21.3. The van der Waals surface area contributed by atoms with Gasteiger partial charge in [-0.2, -0.15) is 0 Å². The van der Waals surface area contributed by atoms with E-state index in [9.17, 15) is 9.59 Å². The zero-order valence-corrected chi connectivity index (χ0v) is 17.3. The number of hydrogen-bond acceptors (Lipinski definition) is 3. The quantitative estimate of drug-likeness (QED) is 0.540. The number of thiocarbonyl (C=S) groups is 1. The molecule has 0 aromatic heterocycles. The largest absolute Gasteiger partial charge is 0.347 e. The molecule has 0 aliphatic heterocycles. The van der Waals surface area contributed by atoms with E-state index in [1.54, 1.807) is 30.3 Å². The minimum absolute atomic E-state index is 0.120. The van der Waals surface area contributed by atoms with Crippen molar-refractivity contribution in [2.24, 2.45) is 0 Å². The van der Waals surface area contributed by atoms with Crippen LogP contribution in [0.25, 0.3) is 6.08 Å². The number of hydrogen-bond donors (Lipinski definition) is 3. The first-order valence-electron chi connectivity index (χ1n) is 8.92. The summed E-state index contributed by atoms with van der Waals surface area (Å²) in [7, 11) is 0. The highest BCUT2D eigenvalue weighted by Gasteiger charge is 2.18. The maximum atomic E-state index is 12.5. The smallest absolute Gasteiger partial charge is 0.253 e. The van der Waals surface area contributed by atoms with E-state index in [1.807, 2.05) is 52.0 Å². The molecule has 0 spiro atoms. The summed E-state index contributed by atoms with van der Waals surface area (Å²) in [5.41, 5.74) is 2.69. The van der Waals surface area contributed by atoms with Gasteiger partial charge in [0.1, 0.15) is 0 Å². The summed E-state index contributed by atoms with van der Waals surface area (Å²) in [5, 5.41) is 8.54. The van der Waals surface area contributed by atoms with Gasteiger partial charge in [-0.15, -0.1) is 0 Å². The van der Waals surface area contributed by atoms with E-state index >= 15 is 0 Å². The maximum Gasteiger partial charge on any atom is 0.253 e. The molecule has 2 aromatic rings. The Kier molecular flexibility index (Phi) is 7.06. The fraction of sp³-hybridized carbons (Fsp3) is 0.227. The Balaban J connectivity index is 2.00. The van der Waals surface area contributed by atoms with E-state index in [1.165, 1.54) is 6.08 Å². The number of amides is 2. The first-order chi connectivity index (χ1) is 13.1. The summed E-state index contributed by atoms with van der Waals surface area (Å²) < 4.78 is 0. The molecule has 28 heavy (non-hydrogen) atoms. The predicted molar refractivity (Wildman–Crippen MR) is 118 cm³/mol. The SMILES string of the molecule is Cc1ccc(/C=C/C(=O)NC(=S)Nc2ccccc2C(=O)NC(C)(C)C)cc1. The van der Waals surface area contributed by atoms with Gasteiger partial charge < -0.3 is 10.6 Å². The molecule has 0 aliphatic rings. The third kappa shape index (κ3) is 6.96. The number of anilines is 1. The van der Waals surface area contributed by atoms with Crippen LogP contribution in [0.5, 0.6) is 0 Å². The molecule has 0 fully saturated rings. The number of para-hydroxylation sites is 1. The third-order valence-electron chi connectivity index (χ3n) is 3.65. The lowest BCUT2D eigenvalue weighted by Gasteiger charge is -2.21. The molecule has 0 aliphatic carbocycles. The van der Waals surface area contributed by atoms with Gasteiger partial charge >= 0.3 is 0 Å². The maximum absolute atomic E-state index is 12.5. The Morgan fingerprint density at radius 3 is 2.29 bits per heavy atom. The molecule has 0 atom stereocenters. The molecule has 2 amide bonds. The summed E-state index contributed by atoms with van der Waals surface area (Å²) in [6.07, 6.45) is 3.12. The van der Waals surface area contributed by atoms with Crippen LogP contribution in [-0.4, -0.2) is 22.5 Å². The van der Waals surface area contributed by atoms with Gasteiger partial charge in [0, 0.05) is 11.6 Å². The average Bonchev–Trinajstić information content (AvgIpc) is 2.60. The van der Waals surface area contributed by atoms with Gasteiger partial charge in [-0.05, 0) is 63.7 Å². The second-order valence-electron chi connectivity index (χ2n) is 7.44. The van der Waals surface area contributed by atoms with E-state index in [4.69, 9.17) is 12.2 Å². The number of carbonyl (C=O) groups excluding carboxylic acids is 2. The Hall–Kier alpha value is -2.99. The third-order valence-corrected chi connectivity index (χ3v) is 3.85. The van der Waals surface area contributed by atoms with E-state index in [-0.39, 0.29) is 22.5 Å². The van der Waals surface area contributed by atoms with Crippen molar-refractivity contribution in [3.8, 4) is 0 Å². The second-order valence-corrected chi connectivity index (χ2v) is 7.85. The molecular weight excluding hydrogens is 370 g/mol. The van der Waals surface area contributed by atoms with E-state index in [0.29, 0.717) is 11.3 Å². The minimum Gasteiger partial charge on any atom is -0.347 e. The van der Waals surface area contributed by atoms with Crippen LogP contribution in [0.2, 0.25) is 0 Å². The summed E-state index contributed by atoms with van der Waals surface area (Å²) in [5.74, 6) is -0.571. The van der Waals surface area contributed by atoms with Crippen molar-refractivity contribution in [2.75, 3.05) is 5.32 Å². The number of carbonyl (C=O) groups is 2. The van der Waals surface area contributed by atoms with Crippen molar-refractivity contribution in [2.45, 2.75) is 33.2 Å². The van der Waals surface area contributed by atoms with Crippen LogP contribution >= 0.6 is 12.2 Å². The van der Waals surface area contributed by atoms with Gasteiger partial charge in [-0.3, -0.25) is 14.9 Å². The van der Waals surface area contributed by atoms with Crippen LogP contribution in [0.1, 0.15) is 42.3 Å². The summed E-state index contributed by atoms with van der Waals surface area (Å²) >= 11 is 5.21. The molecule has 0 radical (unpaired) electrons. The molecule has 0 bridgehead atoms. The predicted octanol–water partition coefficient (Wildman–Crippen LogP) is 4.05. The zero-order valence-electron chi connectivity index (χ0n) is 16.5. The topological polar surface area (TPSA) is 70.2 Å². The summed E-state index contributed by atoms with van der Waals surface area (Å²) in [6.45, 7) is 7.73. The highest BCUT2D eigenvalue weighted by Crippen LogP contribution is 2.16. The lowest BCUT2D eigenvalue weighted by molar-refractivity contribution is -0.115. The standard InChI is InChI=1S/C22H25N3O2S/c1-15-9-11-16(12-10-15)13-14-19(26)24-21(28)23-18-8-6-5-7-17(18)20(27)25-22(2,3)4/h5-14H,1-4H3,(H,25,27)(H2,23,24,26,28)/b14-13+. The van der Waals surface area contributed by atoms with Gasteiger partial charge in [-0.25, -0.2) is 0 Å². The van der Waals surface area contributed by atoms with Gasteiger partial charge in [0.2, 0.25) is 5.91 Å². The molecule has 3 N–H and O–H groups in total. The Bertz CT molecular complexity index is 897. The van der Waals surface area contributed by atoms with Crippen LogP contribution in [0, 0.1) is 6.92 Å². The van der Waals surface area contributed by atoms with E-state index in [0.717, 1.165) is 11.1 Å². The second kappa shape index (κ2) is 9.28. The zero-order chi connectivity index (χ0) is 20.7. The number of benzene rings is 2. The van der Waals surface area contributed by atoms with E-state index < -0.39 is 0 Å². The molecular formula is C22H25N3O2S. The van der Waals surface area contributed by atoms with Crippen molar-refractivity contribution in [1.29, 1.82) is 0 Å². The van der Waals surface area contributed by atoms with Crippen molar-refractivity contribution in [3.05, 3.63) is 71.3 Å². The molecule has 5 nitrogen and oxygen atoms in total. The minimum atomic E-state index is -0.361. The van der Waals surface area contributed by atoms with Crippen LogP contribution in [0.3, 0.4) is 0 Å². The molecule has 0 unspecified atom stereocenters. The molecule has 2 aromatic carbocycles. The number of nitrogens with one attached hydrogen (secondary N) is 3. The van der Waals surface area contributed by atoms with Crippen LogP contribution in [0.15, 0.2) is 54.6 Å². The molecule has 0 saturated carbocycles. The fourth-order valence-electron chi connectivity index (χ4n) is 2.35. The number of aryl methyl sites for hydroxylation is 1. The molecule has 146 valence electrons. The monoisotopic (exact) mass is 395 g/mol. The number of rotatable bonds is 4. The Morgan fingerprint density at radius 1 is 1.00 bits per heavy atom. The summed E-state index contributed by atoms with van der Waals surface area (Å²) in [4.78, 5) is 24.6. The highest BCUT2D eigenvalue weighted by molar-refractivity contribution is 7.80. The van der Waals surface area contributed by atoms with Gasteiger partial charge in [-0.1, -0.05) is 42.0 Å². The lowest BCUT2D eigenvalue weighted by atomic mass is 10.1. The molecule has 2 rings (SSSR count). The normalized spacial score (nSPS) is 11.1.